The van der Waals surface area contributed by atoms with E-state index in [1.165, 1.54) is 6.21 Å². The summed E-state index contributed by atoms with van der Waals surface area (Å²) in [5, 5.41) is 11.5. The SMILES string of the molecule is CC(C)(C)OC(=O)N1CC2(C1)OCc1nc(/C=N\O)ccc12. The van der Waals surface area contributed by atoms with Crippen LogP contribution in [0, 0.1) is 0 Å². The fourth-order valence-corrected chi connectivity index (χ4v) is 2.75. The number of hydrogen-bond donors (Lipinski definition) is 1. The summed E-state index contributed by atoms with van der Waals surface area (Å²) in [5.74, 6) is 0. The van der Waals surface area contributed by atoms with E-state index in [-0.39, 0.29) is 6.09 Å². The Hall–Kier alpha value is -2.15. The van der Waals surface area contributed by atoms with Gasteiger partial charge in [-0.25, -0.2) is 9.78 Å². The average Bonchev–Trinajstić information content (AvgIpc) is 2.74. The van der Waals surface area contributed by atoms with Gasteiger partial charge in [0.1, 0.15) is 11.2 Å². The molecule has 1 aromatic rings. The standard InChI is InChI=1S/C15H19N3O4/c1-14(2,3)22-13(19)18-8-15(9-18)11-5-4-10(6-16-20)17-12(11)7-21-15/h4-6,20H,7-9H2,1-3H3/b16-6-. The van der Waals surface area contributed by atoms with Gasteiger partial charge in [0, 0.05) is 5.56 Å². The summed E-state index contributed by atoms with van der Waals surface area (Å²) >= 11 is 0. The molecule has 2 aliphatic heterocycles. The minimum Gasteiger partial charge on any atom is -0.444 e. The molecule has 2 aliphatic rings. The van der Waals surface area contributed by atoms with Crippen molar-refractivity contribution in [2.75, 3.05) is 13.1 Å². The van der Waals surface area contributed by atoms with Gasteiger partial charge in [0.15, 0.2) is 0 Å². The third-order valence-electron chi connectivity index (χ3n) is 3.71. The Balaban J connectivity index is 1.72. The monoisotopic (exact) mass is 305 g/mol. The summed E-state index contributed by atoms with van der Waals surface area (Å²) < 4.78 is 11.2. The third kappa shape index (κ3) is 2.52. The zero-order chi connectivity index (χ0) is 16.0. The summed E-state index contributed by atoms with van der Waals surface area (Å²) in [5.41, 5.74) is 1.40. The van der Waals surface area contributed by atoms with Gasteiger partial charge in [-0.05, 0) is 26.8 Å². The molecule has 1 amide bonds. The second-order valence-corrected chi connectivity index (χ2v) is 6.59. The highest BCUT2D eigenvalue weighted by Crippen LogP contribution is 2.43. The number of aromatic nitrogens is 1. The van der Waals surface area contributed by atoms with E-state index in [4.69, 9.17) is 14.7 Å². The summed E-state index contributed by atoms with van der Waals surface area (Å²) in [6, 6.07) is 3.68. The van der Waals surface area contributed by atoms with Crippen LogP contribution in [0.15, 0.2) is 17.3 Å². The van der Waals surface area contributed by atoms with Crippen LogP contribution >= 0.6 is 0 Å². The van der Waals surface area contributed by atoms with Crippen molar-refractivity contribution < 1.29 is 19.5 Å². The van der Waals surface area contributed by atoms with Crippen molar-refractivity contribution in [1.82, 2.24) is 9.88 Å². The van der Waals surface area contributed by atoms with Gasteiger partial charge in [-0.15, -0.1) is 0 Å². The summed E-state index contributed by atoms with van der Waals surface area (Å²) in [6.07, 6.45) is 0.950. The number of pyridine rings is 1. The van der Waals surface area contributed by atoms with E-state index in [2.05, 4.69) is 10.1 Å². The van der Waals surface area contributed by atoms with Crippen molar-refractivity contribution in [1.29, 1.82) is 0 Å². The second kappa shape index (κ2) is 4.95. The van der Waals surface area contributed by atoms with Crippen LogP contribution in [0.5, 0.6) is 0 Å². The number of likely N-dealkylation sites (tertiary alicyclic amines) is 1. The fourth-order valence-electron chi connectivity index (χ4n) is 2.75. The molecule has 7 heteroatoms. The maximum Gasteiger partial charge on any atom is 0.410 e. The molecular weight excluding hydrogens is 286 g/mol. The first-order chi connectivity index (χ1) is 10.3. The number of carbonyl (C=O) groups excluding carboxylic acids is 1. The lowest BCUT2D eigenvalue weighted by atomic mass is 9.87. The molecule has 0 saturated carbocycles. The van der Waals surface area contributed by atoms with Crippen molar-refractivity contribution in [3.05, 3.63) is 29.1 Å². The molecule has 1 N–H and O–H groups in total. The van der Waals surface area contributed by atoms with Gasteiger partial charge in [-0.2, -0.15) is 0 Å². The predicted octanol–water partition coefficient (Wildman–Crippen LogP) is 1.87. The molecule has 0 radical (unpaired) electrons. The van der Waals surface area contributed by atoms with E-state index < -0.39 is 11.2 Å². The fraction of sp³-hybridized carbons (Fsp3) is 0.533. The minimum atomic E-state index is -0.506. The van der Waals surface area contributed by atoms with E-state index in [1.807, 2.05) is 26.8 Å². The number of hydrogen-bond acceptors (Lipinski definition) is 6. The van der Waals surface area contributed by atoms with Gasteiger partial charge in [-0.1, -0.05) is 11.2 Å². The van der Waals surface area contributed by atoms with Crippen LogP contribution in [-0.4, -0.2) is 46.1 Å². The van der Waals surface area contributed by atoms with Crippen molar-refractivity contribution in [2.45, 2.75) is 38.6 Å². The quantitative estimate of drug-likeness (QED) is 0.486. The van der Waals surface area contributed by atoms with Crippen LogP contribution in [0.4, 0.5) is 4.79 Å². The smallest absolute Gasteiger partial charge is 0.410 e. The van der Waals surface area contributed by atoms with Crippen molar-refractivity contribution in [3.8, 4) is 0 Å². The maximum absolute atomic E-state index is 12.0. The van der Waals surface area contributed by atoms with Gasteiger partial charge in [-0.3, -0.25) is 0 Å². The zero-order valence-corrected chi connectivity index (χ0v) is 12.9. The van der Waals surface area contributed by atoms with Crippen LogP contribution < -0.4 is 0 Å². The number of amides is 1. The van der Waals surface area contributed by atoms with E-state index in [9.17, 15) is 4.79 Å². The number of ether oxygens (including phenoxy) is 2. The first-order valence-electron chi connectivity index (χ1n) is 7.13. The van der Waals surface area contributed by atoms with Gasteiger partial charge in [0.25, 0.3) is 0 Å². The van der Waals surface area contributed by atoms with E-state index in [0.717, 1.165) is 11.3 Å². The predicted molar refractivity (Wildman–Crippen MR) is 77.9 cm³/mol. The Morgan fingerprint density at radius 1 is 1.50 bits per heavy atom. The highest BCUT2D eigenvalue weighted by atomic mass is 16.6. The van der Waals surface area contributed by atoms with E-state index >= 15 is 0 Å². The highest BCUT2D eigenvalue weighted by Gasteiger charge is 2.53. The number of oxime groups is 1. The molecule has 7 nitrogen and oxygen atoms in total. The molecule has 3 heterocycles. The molecule has 0 aliphatic carbocycles. The summed E-state index contributed by atoms with van der Waals surface area (Å²) in [6.45, 7) is 6.85. The molecule has 0 atom stereocenters. The van der Waals surface area contributed by atoms with E-state index in [1.54, 1.807) is 11.0 Å². The Morgan fingerprint density at radius 3 is 2.86 bits per heavy atom. The lowest BCUT2D eigenvalue weighted by molar-refractivity contribution is -0.137. The van der Waals surface area contributed by atoms with Gasteiger partial charge < -0.3 is 19.6 Å². The molecule has 0 aromatic carbocycles. The molecule has 1 saturated heterocycles. The van der Waals surface area contributed by atoms with Crippen LogP contribution in [0.25, 0.3) is 0 Å². The first kappa shape index (κ1) is 14.8. The Morgan fingerprint density at radius 2 is 2.23 bits per heavy atom. The van der Waals surface area contributed by atoms with Crippen LogP contribution in [0.1, 0.15) is 37.7 Å². The Bertz CT molecular complexity index is 630. The Kier molecular flexibility index (Phi) is 3.32. The molecule has 1 fully saturated rings. The average molecular weight is 305 g/mol. The highest BCUT2D eigenvalue weighted by molar-refractivity contribution is 5.76. The number of rotatable bonds is 1. The molecule has 1 aromatic heterocycles. The third-order valence-corrected chi connectivity index (χ3v) is 3.71. The van der Waals surface area contributed by atoms with Gasteiger partial charge in [0.05, 0.1) is 37.3 Å². The van der Waals surface area contributed by atoms with Crippen molar-refractivity contribution in [2.24, 2.45) is 5.16 Å². The van der Waals surface area contributed by atoms with Crippen molar-refractivity contribution in [3.63, 3.8) is 0 Å². The lowest BCUT2D eigenvalue weighted by Gasteiger charge is -2.47. The summed E-state index contributed by atoms with van der Waals surface area (Å²) in [7, 11) is 0. The van der Waals surface area contributed by atoms with Crippen LogP contribution in [0.3, 0.4) is 0 Å². The molecule has 0 unspecified atom stereocenters. The number of nitrogens with zero attached hydrogens (tertiary/aromatic N) is 3. The van der Waals surface area contributed by atoms with Crippen LogP contribution in [-0.2, 0) is 21.7 Å². The Labute approximate surface area is 128 Å². The summed E-state index contributed by atoms with van der Waals surface area (Å²) in [4.78, 5) is 18.0. The lowest BCUT2D eigenvalue weighted by Crippen LogP contribution is -2.61. The number of fused-ring (bicyclic) bond motifs is 2. The molecule has 3 rings (SSSR count). The molecule has 1 spiro atoms. The molecule has 118 valence electrons. The normalized spacial score (nSPS) is 19.3. The zero-order valence-electron chi connectivity index (χ0n) is 12.9. The van der Waals surface area contributed by atoms with E-state index in [0.29, 0.717) is 25.4 Å². The largest absolute Gasteiger partial charge is 0.444 e. The second-order valence-electron chi connectivity index (χ2n) is 6.59. The van der Waals surface area contributed by atoms with Crippen molar-refractivity contribution >= 4 is 12.3 Å². The van der Waals surface area contributed by atoms with Gasteiger partial charge in [0.2, 0.25) is 0 Å². The molecule has 22 heavy (non-hydrogen) atoms. The maximum atomic E-state index is 12.0. The van der Waals surface area contributed by atoms with Gasteiger partial charge >= 0.3 is 6.09 Å². The topological polar surface area (TPSA) is 84.2 Å². The number of carbonyl (C=O) groups is 1. The molecular formula is C15H19N3O4. The minimum absolute atomic E-state index is 0.327. The first-order valence-corrected chi connectivity index (χ1v) is 7.13. The van der Waals surface area contributed by atoms with Crippen LogP contribution in [0.2, 0.25) is 0 Å². The molecule has 0 bridgehead atoms.